The van der Waals surface area contributed by atoms with Crippen molar-refractivity contribution in [3.63, 3.8) is 0 Å². The van der Waals surface area contributed by atoms with Crippen LogP contribution >= 0.6 is 0 Å². The summed E-state index contributed by atoms with van der Waals surface area (Å²) >= 11 is 0. The monoisotopic (exact) mass is 260 g/mol. The summed E-state index contributed by atoms with van der Waals surface area (Å²) < 4.78 is 4.72. The lowest BCUT2D eigenvalue weighted by Gasteiger charge is -2.19. The average molecular weight is 260 g/mol. The minimum Gasteiger partial charge on any atom is -0.481 e. The van der Waals surface area contributed by atoms with E-state index >= 15 is 0 Å². The summed E-state index contributed by atoms with van der Waals surface area (Å²) in [6.45, 7) is 6.46. The van der Waals surface area contributed by atoms with Gasteiger partial charge in [-0.05, 0) is 27.7 Å². The number of aliphatic carboxylic acids is 1. The highest BCUT2D eigenvalue weighted by Gasteiger charge is 2.22. The molecule has 0 saturated carbocycles. The largest absolute Gasteiger partial charge is 0.481 e. The van der Waals surface area contributed by atoms with Crippen molar-refractivity contribution in [2.75, 3.05) is 6.61 Å². The van der Waals surface area contributed by atoms with Gasteiger partial charge in [-0.3, -0.25) is 4.79 Å². The van der Waals surface area contributed by atoms with E-state index in [0.717, 1.165) is 0 Å². The van der Waals surface area contributed by atoms with Crippen molar-refractivity contribution in [3.05, 3.63) is 0 Å². The number of urea groups is 1. The molecule has 0 radical (unpaired) electrons. The molecule has 0 bridgehead atoms. The Morgan fingerprint density at radius 1 is 1.17 bits per heavy atom. The minimum absolute atomic E-state index is 0.235. The maximum Gasteiger partial charge on any atom is 0.328 e. The third kappa shape index (κ3) is 5.51. The molecule has 7 heteroatoms. The average Bonchev–Trinajstić information content (AvgIpc) is 2.27. The number of rotatable bonds is 6. The van der Waals surface area contributed by atoms with E-state index in [2.05, 4.69) is 10.6 Å². The standard InChI is InChI=1S/C11H20N2O5/c1-5-18-10(16)8(4)13-11(17)12-7(3)6(2)9(14)15/h6-8H,5H2,1-4H3,(H,14,15)(H2,12,13,17). The maximum absolute atomic E-state index is 11.5. The normalized spacial score (nSPS) is 15.1. The van der Waals surface area contributed by atoms with Gasteiger partial charge in [-0.25, -0.2) is 9.59 Å². The topological polar surface area (TPSA) is 105 Å². The van der Waals surface area contributed by atoms with Gasteiger partial charge < -0.3 is 20.5 Å². The molecule has 0 aliphatic rings. The Bertz CT molecular complexity index is 319. The van der Waals surface area contributed by atoms with E-state index in [1.54, 1.807) is 13.8 Å². The number of esters is 1. The van der Waals surface area contributed by atoms with Gasteiger partial charge in [-0.1, -0.05) is 0 Å². The Morgan fingerprint density at radius 2 is 1.72 bits per heavy atom. The molecule has 0 saturated heterocycles. The fourth-order valence-electron chi connectivity index (χ4n) is 1.11. The first kappa shape index (κ1) is 16.2. The van der Waals surface area contributed by atoms with Crippen LogP contribution in [0.1, 0.15) is 27.7 Å². The molecule has 7 nitrogen and oxygen atoms in total. The summed E-state index contributed by atoms with van der Waals surface area (Å²) in [7, 11) is 0. The molecule has 0 aromatic heterocycles. The summed E-state index contributed by atoms with van der Waals surface area (Å²) in [6.07, 6.45) is 0. The first-order chi connectivity index (χ1) is 8.29. The maximum atomic E-state index is 11.5. The van der Waals surface area contributed by atoms with Gasteiger partial charge in [-0.15, -0.1) is 0 Å². The van der Waals surface area contributed by atoms with E-state index in [0.29, 0.717) is 0 Å². The van der Waals surface area contributed by atoms with Crippen LogP contribution in [-0.2, 0) is 14.3 Å². The molecule has 0 heterocycles. The van der Waals surface area contributed by atoms with Gasteiger partial charge in [-0.2, -0.15) is 0 Å². The second-order valence-electron chi connectivity index (χ2n) is 4.01. The van der Waals surface area contributed by atoms with Crippen molar-refractivity contribution in [1.29, 1.82) is 0 Å². The van der Waals surface area contributed by atoms with E-state index in [-0.39, 0.29) is 6.61 Å². The molecule has 0 rings (SSSR count). The van der Waals surface area contributed by atoms with Gasteiger partial charge >= 0.3 is 18.0 Å². The van der Waals surface area contributed by atoms with Crippen LogP contribution in [0.25, 0.3) is 0 Å². The van der Waals surface area contributed by atoms with Gasteiger partial charge in [0.05, 0.1) is 12.5 Å². The van der Waals surface area contributed by atoms with Crippen LogP contribution in [0.5, 0.6) is 0 Å². The fourth-order valence-corrected chi connectivity index (χ4v) is 1.11. The van der Waals surface area contributed by atoms with Gasteiger partial charge in [0.1, 0.15) is 6.04 Å². The third-order valence-corrected chi connectivity index (χ3v) is 2.49. The van der Waals surface area contributed by atoms with Crippen LogP contribution in [0.3, 0.4) is 0 Å². The quantitative estimate of drug-likeness (QED) is 0.597. The van der Waals surface area contributed by atoms with E-state index < -0.39 is 36.0 Å². The van der Waals surface area contributed by atoms with Crippen LogP contribution < -0.4 is 10.6 Å². The van der Waals surface area contributed by atoms with Crippen LogP contribution in [0, 0.1) is 5.92 Å². The summed E-state index contributed by atoms with van der Waals surface area (Å²) in [5.74, 6) is -2.25. The highest BCUT2D eigenvalue weighted by Crippen LogP contribution is 2.02. The molecule has 104 valence electrons. The predicted octanol–water partition coefficient (Wildman–Crippen LogP) is 0.346. The van der Waals surface area contributed by atoms with E-state index in [9.17, 15) is 14.4 Å². The third-order valence-electron chi connectivity index (χ3n) is 2.49. The first-order valence-electron chi connectivity index (χ1n) is 5.76. The van der Waals surface area contributed by atoms with Gasteiger partial charge in [0.25, 0.3) is 0 Å². The Morgan fingerprint density at radius 3 is 2.17 bits per heavy atom. The van der Waals surface area contributed by atoms with Gasteiger partial charge in [0, 0.05) is 6.04 Å². The lowest BCUT2D eigenvalue weighted by molar-refractivity contribution is -0.145. The van der Waals surface area contributed by atoms with Crippen LogP contribution in [0.2, 0.25) is 0 Å². The van der Waals surface area contributed by atoms with Crippen molar-refractivity contribution in [1.82, 2.24) is 10.6 Å². The lowest BCUT2D eigenvalue weighted by Crippen LogP contribution is -2.49. The summed E-state index contributed by atoms with van der Waals surface area (Å²) in [5.41, 5.74) is 0. The zero-order valence-electron chi connectivity index (χ0n) is 11.0. The Balaban J connectivity index is 4.19. The number of nitrogens with one attached hydrogen (secondary N) is 2. The second kappa shape index (κ2) is 7.52. The number of carboxylic acid groups (broad SMARTS) is 1. The zero-order chi connectivity index (χ0) is 14.3. The molecule has 2 amide bonds. The van der Waals surface area contributed by atoms with Crippen LogP contribution in [-0.4, -0.2) is 41.8 Å². The molecular formula is C11H20N2O5. The lowest BCUT2D eigenvalue weighted by atomic mass is 10.0. The highest BCUT2D eigenvalue weighted by atomic mass is 16.5. The zero-order valence-corrected chi connectivity index (χ0v) is 11.0. The first-order valence-corrected chi connectivity index (χ1v) is 5.76. The van der Waals surface area contributed by atoms with E-state index in [1.807, 2.05) is 0 Å². The van der Waals surface area contributed by atoms with Gasteiger partial charge in [0.2, 0.25) is 0 Å². The molecule has 18 heavy (non-hydrogen) atoms. The molecule has 0 spiro atoms. The van der Waals surface area contributed by atoms with Crippen molar-refractivity contribution in [3.8, 4) is 0 Å². The predicted molar refractivity (Wildman–Crippen MR) is 64.0 cm³/mol. The number of amides is 2. The molecule has 0 aliphatic heterocycles. The number of carbonyl (C=O) groups excluding carboxylic acids is 2. The molecule has 0 aromatic carbocycles. The SMILES string of the molecule is CCOC(=O)C(C)NC(=O)NC(C)C(C)C(=O)O. The number of carbonyl (C=O) groups is 3. The number of hydrogen-bond acceptors (Lipinski definition) is 4. The molecule has 3 atom stereocenters. The summed E-state index contributed by atoms with van der Waals surface area (Å²) in [4.78, 5) is 33.4. The van der Waals surface area contributed by atoms with Crippen molar-refractivity contribution in [2.45, 2.75) is 39.8 Å². The number of ether oxygens (including phenoxy) is 1. The van der Waals surface area contributed by atoms with Crippen molar-refractivity contribution >= 4 is 18.0 Å². The fraction of sp³-hybridized carbons (Fsp3) is 0.727. The smallest absolute Gasteiger partial charge is 0.328 e. The highest BCUT2D eigenvalue weighted by molar-refractivity contribution is 5.83. The van der Waals surface area contributed by atoms with Crippen LogP contribution in [0.15, 0.2) is 0 Å². The summed E-state index contributed by atoms with van der Waals surface area (Å²) in [5, 5.41) is 13.6. The Labute approximate surface area is 106 Å². The van der Waals surface area contributed by atoms with E-state index in [4.69, 9.17) is 9.84 Å². The second-order valence-corrected chi connectivity index (χ2v) is 4.01. The Kier molecular flexibility index (Phi) is 6.77. The number of carboxylic acids is 1. The molecule has 0 aromatic rings. The van der Waals surface area contributed by atoms with Crippen molar-refractivity contribution < 1.29 is 24.2 Å². The van der Waals surface area contributed by atoms with Crippen LogP contribution in [0.4, 0.5) is 4.79 Å². The molecule has 0 aliphatic carbocycles. The molecule has 3 N–H and O–H groups in total. The molecule has 0 fully saturated rings. The molecule has 3 unspecified atom stereocenters. The Hall–Kier alpha value is -1.79. The number of hydrogen-bond donors (Lipinski definition) is 3. The van der Waals surface area contributed by atoms with Crippen molar-refractivity contribution in [2.24, 2.45) is 5.92 Å². The summed E-state index contributed by atoms with van der Waals surface area (Å²) in [6, 6.07) is -1.93. The molecular weight excluding hydrogens is 240 g/mol. The minimum atomic E-state index is -0.999. The van der Waals surface area contributed by atoms with E-state index in [1.165, 1.54) is 13.8 Å². The van der Waals surface area contributed by atoms with Gasteiger partial charge in [0.15, 0.2) is 0 Å².